The van der Waals surface area contributed by atoms with Gasteiger partial charge in [0.15, 0.2) is 0 Å². The minimum Gasteiger partial charge on any atom is -0.380 e. The normalized spacial score (nSPS) is 13.2. The Hall–Kier alpha value is -1.39. The van der Waals surface area contributed by atoms with Gasteiger partial charge >= 0.3 is 0 Å². The van der Waals surface area contributed by atoms with Crippen LogP contribution in [-0.4, -0.2) is 25.7 Å². The number of carbonyl (C=O) groups excluding carboxylic acids is 1. The highest BCUT2D eigenvalue weighted by atomic mass is 16.5. The molecule has 0 heterocycles. The van der Waals surface area contributed by atoms with Gasteiger partial charge in [0.1, 0.15) is 0 Å². The Morgan fingerprint density at radius 3 is 2.60 bits per heavy atom. The maximum absolute atomic E-state index is 10.9. The van der Waals surface area contributed by atoms with Crippen molar-refractivity contribution in [2.75, 3.05) is 19.8 Å². The van der Waals surface area contributed by atoms with Crippen LogP contribution in [0.3, 0.4) is 0 Å². The first kappa shape index (κ1) is 16.7. The number of primary amides is 1. The average Bonchev–Trinajstić information content (AvgIpc) is 2.39. The summed E-state index contributed by atoms with van der Waals surface area (Å²) in [5.74, 6) is -0.548. The Morgan fingerprint density at radius 2 is 2.00 bits per heavy atom. The van der Waals surface area contributed by atoms with E-state index in [9.17, 15) is 4.79 Å². The highest BCUT2D eigenvalue weighted by molar-refractivity contribution is 5.76. The molecule has 0 saturated heterocycles. The van der Waals surface area contributed by atoms with Crippen molar-refractivity contribution in [3.63, 3.8) is 0 Å². The molecule has 0 fully saturated rings. The number of nitrogens with two attached hydrogens (primary N) is 1. The van der Waals surface area contributed by atoms with E-state index in [1.54, 1.807) is 6.92 Å². The Labute approximate surface area is 121 Å². The number of nitrogens with one attached hydrogen (secondary N) is 1. The van der Waals surface area contributed by atoms with Crippen LogP contribution >= 0.6 is 0 Å². The summed E-state index contributed by atoms with van der Waals surface area (Å²) in [6.45, 7) is 8.75. The van der Waals surface area contributed by atoms with Crippen LogP contribution in [0.1, 0.15) is 26.3 Å². The number of hydrogen-bond donors (Lipinski definition) is 2. The van der Waals surface area contributed by atoms with Gasteiger partial charge in [-0.2, -0.15) is 0 Å². The molecule has 4 nitrogen and oxygen atoms in total. The fourth-order valence-corrected chi connectivity index (χ4v) is 1.79. The van der Waals surface area contributed by atoms with Gasteiger partial charge in [-0.3, -0.25) is 4.79 Å². The zero-order valence-electron chi connectivity index (χ0n) is 12.7. The first-order valence-corrected chi connectivity index (χ1v) is 7.02. The van der Waals surface area contributed by atoms with Crippen molar-refractivity contribution in [2.24, 2.45) is 17.1 Å². The zero-order valence-corrected chi connectivity index (χ0v) is 12.7. The van der Waals surface area contributed by atoms with Crippen molar-refractivity contribution >= 4 is 5.91 Å². The molecule has 0 saturated carbocycles. The third kappa shape index (κ3) is 6.68. The maximum atomic E-state index is 10.9. The average molecular weight is 278 g/mol. The lowest BCUT2D eigenvalue weighted by Gasteiger charge is -2.25. The van der Waals surface area contributed by atoms with E-state index in [-0.39, 0.29) is 17.2 Å². The van der Waals surface area contributed by atoms with Crippen LogP contribution in [0.15, 0.2) is 30.3 Å². The molecule has 1 atom stereocenters. The van der Waals surface area contributed by atoms with Crippen molar-refractivity contribution in [2.45, 2.75) is 27.3 Å². The molecule has 20 heavy (non-hydrogen) atoms. The smallest absolute Gasteiger partial charge is 0.222 e. The molecule has 0 spiro atoms. The molecule has 1 rings (SSSR count). The summed E-state index contributed by atoms with van der Waals surface area (Å²) < 4.78 is 5.58. The number of amides is 1. The summed E-state index contributed by atoms with van der Waals surface area (Å²) in [6.07, 6.45) is 0. The highest BCUT2D eigenvalue weighted by Crippen LogP contribution is 2.15. The molecule has 1 aromatic rings. The second-order valence-corrected chi connectivity index (χ2v) is 6.07. The zero-order chi connectivity index (χ0) is 15.0. The van der Waals surface area contributed by atoms with Crippen molar-refractivity contribution < 1.29 is 9.53 Å². The van der Waals surface area contributed by atoms with Crippen LogP contribution in [0.5, 0.6) is 0 Å². The van der Waals surface area contributed by atoms with Gasteiger partial charge in [0.2, 0.25) is 5.91 Å². The molecule has 0 aromatic heterocycles. The van der Waals surface area contributed by atoms with E-state index in [1.165, 1.54) is 5.56 Å². The summed E-state index contributed by atoms with van der Waals surface area (Å²) in [4.78, 5) is 10.9. The Kier molecular flexibility index (Phi) is 6.68. The van der Waals surface area contributed by atoms with Gasteiger partial charge in [0.05, 0.1) is 19.1 Å². The van der Waals surface area contributed by atoms with Crippen LogP contribution in [0.25, 0.3) is 0 Å². The van der Waals surface area contributed by atoms with E-state index in [0.717, 1.165) is 13.1 Å². The standard InChI is InChI=1S/C16H26N2O2/c1-13(15(17)19)10-20-12-16(2,3)11-18-9-14-7-5-4-6-8-14/h4-8,13,18H,9-12H2,1-3H3,(H2,17,19). The van der Waals surface area contributed by atoms with Gasteiger partial charge in [-0.1, -0.05) is 51.1 Å². The molecule has 0 radical (unpaired) electrons. The SMILES string of the molecule is CC(COCC(C)(C)CNCc1ccccc1)C(N)=O. The first-order chi connectivity index (χ1) is 9.41. The number of carbonyl (C=O) groups is 1. The second kappa shape index (κ2) is 8.02. The fraction of sp³-hybridized carbons (Fsp3) is 0.562. The lowest BCUT2D eigenvalue weighted by atomic mass is 9.94. The first-order valence-electron chi connectivity index (χ1n) is 7.02. The molecular weight excluding hydrogens is 252 g/mol. The molecule has 0 bridgehead atoms. The topological polar surface area (TPSA) is 64.3 Å². The van der Waals surface area contributed by atoms with Gasteiger partial charge in [-0.15, -0.1) is 0 Å². The summed E-state index contributed by atoms with van der Waals surface area (Å²) in [5, 5.41) is 3.43. The molecule has 4 heteroatoms. The van der Waals surface area contributed by atoms with Crippen molar-refractivity contribution in [3.8, 4) is 0 Å². The molecule has 3 N–H and O–H groups in total. The summed E-state index contributed by atoms with van der Waals surface area (Å²) in [7, 11) is 0. The molecule has 112 valence electrons. The molecule has 1 amide bonds. The Morgan fingerprint density at radius 1 is 1.35 bits per heavy atom. The number of rotatable bonds is 9. The van der Waals surface area contributed by atoms with E-state index in [0.29, 0.717) is 13.2 Å². The van der Waals surface area contributed by atoms with Crippen LogP contribution in [0.4, 0.5) is 0 Å². The van der Waals surface area contributed by atoms with Gasteiger partial charge in [-0.05, 0) is 5.56 Å². The Balaban J connectivity index is 2.22. The summed E-state index contributed by atoms with van der Waals surface area (Å²) in [6, 6.07) is 10.3. The lowest BCUT2D eigenvalue weighted by Crippen LogP contribution is -2.34. The minimum atomic E-state index is -0.315. The van der Waals surface area contributed by atoms with Crippen molar-refractivity contribution in [1.82, 2.24) is 5.32 Å². The van der Waals surface area contributed by atoms with Gasteiger partial charge < -0.3 is 15.8 Å². The van der Waals surface area contributed by atoms with Gasteiger partial charge in [0.25, 0.3) is 0 Å². The number of ether oxygens (including phenoxy) is 1. The molecule has 0 aliphatic carbocycles. The van der Waals surface area contributed by atoms with Crippen molar-refractivity contribution in [3.05, 3.63) is 35.9 Å². The quantitative estimate of drug-likeness (QED) is 0.725. The monoisotopic (exact) mass is 278 g/mol. The number of hydrogen-bond acceptors (Lipinski definition) is 3. The molecular formula is C16H26N2O2. The second-order valence-electron chi connectivity index (χ2n) is 6.07. The third-order valence-electron chi connectivity index (χ3n) is 3.12. The predicted molar refractivity (Wildman–Crippen MR) is 81.1 cm³/mol. The van der Waals surface area contributed by atoms with E-state index < -0.39 is 0 Å². The van der Waals surface area contributed by atoms with E-state index in [2.05, 4.69) is 31.3 Å². The summed E-state index contributed by atoms with van der Waals surface area (Å²) >= 11 is 0. The summed E-state index contributed by atoms with van der Waals surface area (Å²) in [5.41, 5.74) is 6.49. The van der Waals surface area contributed by atoms with Gasteiger partial charge in [-0.25, -0.2) is 0 Å². The number of benzene rings is 1. The largest absolute Gasteiger partial charge is 0.380 e. The minimum absolute atomic E-state index is 0.0200. The van der Waals surface area contributed by atoms with Crippen molar-refractivity contribution in [1.29, 1.82) is 0 Å². The van der Waals surface area contributed by atoms with Crippen LogP contribution < -0.4 is 11.1 Å². The van der Waals surface area contributed by atoms with Gasteiger partial charge in [0, 0.05) is 18.5 Å². The molecule has 0 aliphatic heterocycles. The van der Waals surface area contributed by atoms with Crippen LogP contribution in [0, 0.1) is 11.3 Å². The fourth-order valence-electron chi connectivity index (χ4n) is 1.79. The predicted octanol–water partition coefficient (Wildman–Crippen LogP) is 1.94. The van der Waals surface area contributed by atoms with Crippen LogP contribution in [-0.2, 0) is 16.1 Å². The van der Waals surface area contributed by atoms with E-state index >= 15 is 0 Å². The maximum Gasteiger partial charge on any atom is 0.222 e. The lowest BCUT2D eigenvalue weighted by molar-refractivity contribution is -0.123. The Bertz CT molecular complexity index is 404. The third-order valence-corrected chi connectivity index (χ3v) is 3.12. The molecule has 0 aliphatic rings. The highest BCUT2D eigenvalue weighted by Gasteiger charge is 2.19. The molecule has 1 aromatic carbocycles. The van der Waals surface area contributed by atoms with E-state index in [1.807, 2.05) is 18.2 Å². The van der Waals surface area contributed by atoms with Crippen LogP contribution in [0.2, 0.25) is 0 Å². The molecule has 1 unspecified atom stereocenters. The van der Waals surface area contributed by atoms with E-state index in [4.69, 9.17) is 10.5 Å².